The Morgan fingerprint density at radius 3 is 2.31 bits per heavy atom. The fraction of sp³-hybridized carbons (Fsp3) is 0.0800. The molecule has 184 valence electrons. The van der Waals surface area contributed by atoms with E-state index in [-0.39, 0.29) is 33.6 Å². The molecule has 0 aliphatic carbocycles. The molecule has 0 saturated heterocycles. The fourth-order valence-corrected chi connectivity index (χ4v) is 4.55. The fourth-order valence-electron chi connectivity index (χ4n) is 3.77. The molecule has 3 aromatic carbocycles. The van der Waals surface area contributed by atoms with Crippen molar-refractivity contribution in [1.29, 1.82) is 0 Å². The molecule has 4 N–H and O–H groups in total. The first-order valence-electron chi connectivity index (χ1n) is 10.5. The number of primary sulfonamides is 1. The molecular formula is C25H20ClN3O6S. The van der Waals surface area contributed by atoms with Gasteiger partial charge in [-0.15, -0.1) is 0 Å². The number of amides is 1. The van der Waals surface area contributed by atoms with Crippen molar-refractivity contribution in [3.8, 4) is 11.1 Å². The first-order chi connectivity index (χ1) is 17.1. The van der Waals surface area contributed by atoms with E-state index >= 15 is 0 Å². The highest BCUT2D eigenvalue weighted by Gasteiger charge is 2.22. The lowest BCUT2D eigenvalue weighted by Crippen LogP contribution is -2.29. The molecule has 0 spiro atoms. The molecule has 4 aromatic rings. The number of hydrogen-bond acceptors (Lipinski definition) is 6. The quantitative estimate of drug-likeness (QED) is 0.329. The molecule has 0 radical (unpaired) electrons. The number of rotatable bonds is 6. The lowest BCUT2D eigenvalue weighted by atomic mass is 9.99. The van der Waals surface area contributed by atoms with Crippen molar-refractivity contribution in [1.82, 2.24) is 10.3 Å². The van der Waals surface area contributed by atoms with E-state index in [0.717, 1.165) is 5.56 Å². The summed E-state index contributed by atoms with van der Waals surface area (Å²) < 4.78 is 27.7. The van der Waals surface area contributed by atoms with Crippen LogP contribution in [0.15, 0.2) is 76.4 Å². The van der Waals surface area contributed by atoms with Gasteiger partial charge in [0.15, 0.2) is 5.43 Å². The van der Waals surface area contributed by atoms with Crippen molar-refractivity contribution in [2.24, 2.45) is 5.14 Å². The van der Waals surface area contributed by atoms with Gasteiger partial charge in [0.25, 0.3) is 5.91 Å². The highest BCUT2D eigenvalue weighted by molar-refractivity contribution is 7.89. The molecular weight excluding hydrogens is 506 g/mol. The highest BCUT2D eigenvalue weighted by Crippen LogP contribution is 2.33. The molecule has 0 unspecified atom stereocenters. The standard InChI is InChI=1S/C25H20ClN3O6S/c1-35-25(32)22-18(13-28-24(31)15-7-9-16(10-8-15)36(27,33)34)23(30)17-11-12-19(26)20(21(17)29-22)14-5-3-2-4-6-14/h2-12H,13H2,1H3,(H,28,31)(H,29,30)(H2,27,33,34). The Kier molecular flexibility index (Phi) is 6.93. The Balaban J connectivity index is 1.76. The van der Waals surface area contributed by atoms with Crippen LogP contribution in [-0.2, 0) is 21.3 Å². The van der Waals surface area contributed by atoms with Crippen LogP contribution in [0.3, 0.4) is 0 Å². The number of sulfonamides is 1. The average Bonchev–Trinajstić information content (AvgIpc) is 2.87. The van der Waals surface area contributed by atoms with Crippen molar-refractivity contribution < 1.29 is 22.7 Å². The monoisotopic (exact) mass is 525 g/mol. The zero-order chi connectivity index (χ0) is 26.0. The number of benzene rings is 3. The van der Waals surface area contributed by atoms with Crippen LogP contribution in [-0.4, -0.2) is 32.4 Å². The van der Waals surface area contributed by atoms with E-state index in [1.165, 1.54) is 31.4 Å². The molecule has 0 aliphatic heterocycles. The summed E-state index contributed by atoms with van der Waals surface area (Å²) >= 11 is 6.46. The summed E-state index contributed by atoms with van der Waals surface area (Å²) in [6.45, 7) is -0.297. The van der Waals surface area contributed by atoms with Crippen LogP contribution in [0.25, 0.3) is 22.0 Å². The number of methoxy groups -OCH3 is 1. The van der Waals surface area contributed by atoms with E-state index in [4.69, 9.17) is 21.5 Å². The number of H-pyrrole nitrogens is 1. The van der Waals surface area contributed by atoms with Crippen LogP contribution in [0.5, 0.6) is 0 Å². The summed E-state index contributed by atoms with van der Waals surface area (Å²) in [7, 11) is -2.73. The molecule has 11 heteroatoms. The van der Waals surface area contributed by atoms with Gasteiger partial charge in [0.1, 0.15) is 5.69 Å². The molecule has 0 atom stereocenters. The molecule has 1 heterocycles. The molecule has 9 nitrogen and oxygen atoms in total. The van der Waals surface area contributed by atoms with Gasteiger partial charge in [0.05, 0.1) is 28.1 Å². The largest absolute Gasteiger partial charge is 0.464 e. The number of nitrogens with one attached hydrogen (secondary N) is 2. The van der Waals surface area contributed by atoms with Gasteiger partial charge < -0.3 is 15.0 Å². The van der Waals surface area contributed by atoms with Crippen molar-refractivity contribution in [3.63, 3.8) is 0 Å². The van der Waals surface area contributed by atoms with Crippen molar-refractivity contribution >= 4 is 44.4 Å². The molecule has 1 aromatic heterocycles. The number of nitrogens with two attached hydrogens (primary N) is 1. The van der Waals surface area contributed by atoms with Crippen LogP contribution in [0.4, 0.5) is 0 Å². The summed E-state index contributed by atoms with van der Waals surface area (Å²) in [4.78, 5) is 41.6. The predicted octanol–water partition coefficient (Wildman–Crippen LogP) is 3.21. The van der Waals surface area contributed by atoms with Crippen molar-refractivity contribution in [2.45, 2.75) is 11.4 Å². The van der Waals surface area contributed by atoms with Crippen LogP contribution in [0.1, 0.15) is 26.4 Å². The third kappa shape index (κ3) is 4.87. The van der Waals surface area contributed by atoms with Gasteiger partial charge in [0.2, 0.25) is 10.0 Å². The van der Waals surface area contributed by atoms with Gasteiger partial charge in [0, 0.05) is 23.1 Å². The topological polar surface area (TPSA) is 148 Å². The number of halogens is 1. The molecule has 4 rings (SSSR count). The Hall–Kier alpha value is -3.99. The molecule has 0 bridgehead atoms. The first kappa shape index (κ1) is 25.1. The van der Waals surface area contributed by atoms with Crippen LogP contribution in [0, 0.1) is 0 Å². The van der Waals surface area contributed by atoms with E-state index in [2.05, 4.69) is 10.3 Å². The maximum absolute atomic E-state index is 13.5. The smallest absolute Gasteiger partial charge is 0.354 e. The van der Waals surface area contributed by atoms with Crippen LogP contribution in [0.2, 0.25) is 5.02 Å². The Labute approximate surface area is 210 Å². The van der Waals surface area contributed by atoms with Gasteiger partial charge in [-0.3, -0.25) is 9.59 Å². The maximum atomic E-state index is 13.5. The highest BCUT2D eigenvalue weighted by atomic mass is 35.5. The van der Waals surface area contributed by atoms with E-state index in [1.807, 2.05) is 30.3 Å². The van der Waals surface area contributed by atoms with E-state index in [9.17, 15) is 22.8 Å². The number of hydrogen-bond donors (Lipinski definition) is 3. The number of esters is 1. The Bertz CT molecular complexity index is 1650. The van der Waals surface area contributed by atoms with E-state index in [0.29, 0.717) is 16.1 Å². The second-order valence-corrected chi connectivity index (χ2v) is 9.73. The first-order valence-corrected chi connectivity index (χ1v) is 12.5. The van der Waals surface area contributed by atoms with Gasteiger partial charge in [-0.1, -0.05) is 41.9 Å². The van der Waals surface area contributed by atoms with Crippen LogP contribution < -0.4 is 15.9 Å². The maximum Gasteiger partial charge on any atom is 0.354 e. The minimum Gasteiger partial charge on any atom is -0.464 e. The third-order valence-electron chi connectivity index (χ3n) is 5.55. The second kappa shape index (κ2) is 9.94. The molecule has 0 fully saturated rings. The SMILES string of the molecule is COC(=O)c1[nH]c2c(-c3ccccc3)c(Cl)ccc2c(=O)c1CNC(=O)c1ccc(S(N)(=O)=O)cc1. The number of fused-ring (bicyclic) bond motifs is 1. The number of pyridine rings is 1. The van der Waals surface area contributed by atoms with E-state index in [1.54, 1.807) is 12.1 Å². The lowest BCUT2D eigenvalue weighted by molar-refractivity contribution is 0.0592. The van der Waals surface area contributed by atoms with E-state index < -0.39 is 27.3 Å². The van der Waals surface area contributed by atoms with Gasteiger partial charge >= 0.3 is 5.97 Å². The Morgan fingerprint density at radius 1 is 1.03 bits per heavy atom. The zero-order valence-electron chi connectivity index (χ0n) is 18.9. The zero-order valence-corrected chi connectivity index (χ0v) is 20.4. The van der Waals surface area contributed by atoms with Crippen molar-refractivity contribution in [2.75, 3.05) is 7.11 Å². The number of ether oxygens (including phenoxy) is 1. The van der Waals surface area contributed by atoms with Crippen molar-refractivity contribution in [3.05, 3.63) is 98.8 Å². The number of aromatic nitrogens is 1. The number of carbonyl (C=O) groups is 2. The number of carbonyl (C=O) groups excluding carboxylic acids is 2. The summed E-state index contributed by atoms with van der Waals surface area (Å²) in [6.07, 6.45) is 0. The third-order valence-corrected chi connectivity index (χ3v) is 6.79. The summed E-state index contributed by atoms with van der Waals surface area (Å²) in [6, 6.07) is 17.2. The summed E-state index contributed by atoms with van der Waals surface area (Å²) in [5, 5.41) is 8.31. The lowest BCUT2D eigenvalue weighted by Gasteiger charge is -2.14. The molecule has 0 saturated carbocycles. The van der Waals surface area contributed by atoms with Gasteiger partial charge in [-0.05, 0) is 42.0 Å². The molecule has 36 heavy (non-hydrogen) atoms. The summed E-state index contributed by atoms with van der Waals surface area (Å²) in [5.74, 6) is -1.39. The summed E-state index contributed by atoms with van der Waals surface area (Å²) in [5.41, 5.74) is 1.16. The van der Waals surface area contributed by atoms with Gasteiger partial charge in [-0.2, -0.15) is 0 Å². The van der Waals surface area contributed by atoms with Gasteiger partial charge in [-0.25, -0.2) is 18.4 Å². The minimum atomic E-state index is -3.91. The van der Waals surface area contributed by atoms with Crippen LogP contribution >= 0.6 is 11.6 Å². The minimum absolute atomic E-state index is 0.00908. The normalized spacial score (nSPS) is 11.3. The number of aromatic amines is 1. The Morgan fingerprint density at radius 2 is 1.69 bits per heavy atom. The molecule has 1 amide bonds. The second-order valence-electron chi connectivity index (χ2n) is 7.76. The molecule has 0 aliphatic rings. The average molecular weight is 526 g/mol. The predicted molar refractivity (Wildman–Crippen MR) is 135 cm³/mol.